The zero-order valence-electron chi connectivity index (χ0n) is 16.0. The summed E-state index contributed by atoms with van der Waals surface area (Å²) in [5, 5.41) is 0. The number of rotatable bonds is 6. The van der Waals surface area contributed by atoms with Crippen molar-refractivity contribution in [3.63, 3.8) is 0 Å². The Hall–Kier alpha value is -0.610. The summed E-state index contributed by atoms with van der Waals surface area (Å²) < 4.78 is 0. The van der Waals surface area contributed by atoms with Crippen molar-refractivity contribution in [2.45, 2.75) is 70.9 Å². The summed E-state index contributed by atoms with van der Waals surface area (Å²) in [5.41, 5.74) is 0. The normalized spacial score (nSPS) is 25.0. The van der Waals surface area contributed by atoms with Crippen LogP contribution in [0.4, 0.5) is 0 Å². The van der Waals surface area contributed by atoms with Crippen LogP contribution >= 0.6 is 0 Å². The van der Waals surface area contributed by atoms with Crippen molar-refractivity contribution in [1.82, 2.24) is 14.7 Å². The molecule has 4 nitrogen and oxygen atoms in total. The van der Waals surface area contributed by atoms with Gasteiger partial charge >= 0.3 is 0 Å². The predicted octanol–water partition coefficient (Wildman–Crippen LogP) is 2.83. The second-order valence-electron chi connectivity index (χ2n) is 8.93. The predicted molar refractivity (Wildman–Crippen MR) is 99.0 cm³/mol. The quantitative estimate of drug-likeness (QED) is 0.747. The van der Waals surface area contributed by atoms with E-state index in [9.17, 15) is 4.79 Å². The van der Waals surface area contributed by atoms with Crippen molar-refractivity contribution in [2.24, 2.45) is 11.8 Å². The Labute approximate surface area is 148 Å². The number of piperidine rings is 1. The van der Waals surface area contributed by atoms with Gasteiger partial charge in [-0.15, -0.1) is 0 Å². The second-order valence-corrected chi connectivity index (χ2v) is 8.93. The fraction of sp³-hybridized carbons (Fsp3) is 0.950. The third-order valence-corrected chi connectivity index (χ3v) is 6.36. The number of nitrogens with zero attached hydrogens (tertiary/aromatic N) is 3. The van der Waals surface area contributed by atoms with E-state index in [1.54, 1.807) is 0 Å². The highest BCUT2D eigenvalue weighted by Crippen LogP contribution is 2.30. The Morgan fingerprint density at radius 3 is 2.25 bits per heavy atom. The molecule has 2 heterocycles. The van der Waals surface area contributed by atoms with Crippen LogP contribution in [0.1, 0.15) is 58.8 Å². The van der Waals surface area contributed by atoms with E-state index in [0.29, 0.717) is 23.8 Å². The van der Waals surface area contributed by atoms with Crippen molar-refractivity contribution in [3.05, 3.63) is 0 Å². The molecule has 1 amide bonds. The van der Waals surface area contributed by atoms with Crippen LogP contribution in [0, 0.1) is 11.8 Å². The van der Waals surface area contributed by atoms with Crippen LogP contribution in [0.5, 0.6) is 0 Å². The summed E-state index contributed by atoms with van der Waals surface area (Å²) in [4.78, 5) is 19.8. The zero-order valence-corrected chi connectivity index (χ0v) is 16.0. The number of hydrogen-bond donors (Lipinski definition) is 0. The Bertz CT molecular complexity index is 405. The lowest BCUT2D eigenvalue weighted by Gasteiger charge is -2.50. The molecule has 0 aromatic rings. The van der Waals surface area contributed by atoms with Crippen LogP contribution in [0.15, 0.2) is 0 Å². The number of hydrogen-bond acceptors (Lipinski definition) is 3. The van der Waals surface area contributed by atoms with Crippen molar-refractivity contribution >= 4 is 5.91 Å². The van der Waals surface area contributed by atoms with Crippen molar-refractivity contribution in [1.29, 1.82) is 0 Å². The number of amides is 1. The van der Waals surface area contributed by atoms with Crippen LogP contribution in [-0.4, -0.2) is 72.5 Å². The average Bonchev–Trinajstić information content (AvgIpc) is 2.98. The molecule has 4 heteroatoms. The molecular weight excluding hydrogens is 298 g/mol. The Balaban J connectivity index is 1.49. The highest BCUT2D eigenvalue weighted by atomic mass is 16.2. The third kappa shape index (κ3) is 4.51. The molecule has 24 heavy (non-hydrogen) atoms. The smallest absolute Gasteiger partial charge is 0.222 e. The molecule has 3 aliphatic rings. The molecule has 138 valence electrons. The van der Waals surface area contributed by atoms with E-state index >= 15 is 0 Å². The molecular formula is C20H37N3O. The van der Waals surface area contributed by atoms with Crippen LogP contribution in [0.2, 0.25) is 0 Å². The number of likely N-dealkylation sites (tertiary alicyclic amines) is 2. The largest absolute Gasteiger partial charge is 0.339 e. The van der Waals surface area contributed by atoms with Gasteiger partial charge in [0, 0.05) is 38.1 Å². The monoisotopic (exact) mass is 335 g/mol. The van der Waals surface area contributed by atoms with E-state index in [1.807, 2.05) is 0 Å². The van der Waals surface area contributed by atoms with E-state index in [0.717, 1.165) is 25.6 Å². The van der Waals surface area contributed by atoms with E-state index in [2.05, 4.69) is 35.6 Å². The first-order valence-electron chi connectivity index (χ1n) is 10.2. The standard InChI is InChI=1S/C20H37N3O/c1-16(2)13-23(18-8-10-21(3)11-9-18)19-14-22(15-19)20(24)12-17-6-4-5-7-17/h16-19H,4-15H2,1-3H3. The molecule has 2 saturated heterocycles. The number of carbonyl (C=O) groups excluding carboxylic acids is 1. The first-order valence-corrected chi connectivity index (χ1v) is 10.2. The van der Waals surface area contributed by atoms with Gasteiger partial charge in [0.2, 0.25) is 5.91 Å². The van der Waals surface area contributed by atoms with Gasteiger partial charge in [0.05, 0.1) is 0 Å². The van der Waals surface area contributed by atoms with Crippen LogP contribution in [-0.2, 0) is 4.79 Å². The highest BCUT2D eigenvalue weighted by Gasteiger charge is 2.39. The molecule has 3 rings (SSSR count). The van der Waals surface area contributed by atoms with Gasteiger partial charge in [-0.2, -0.15) is 0 Å². The topological polar surface area (TPSA) is 26.8 Å². The molecule has 0 spiro atoms. The Kier molecular flexibility index (Phi) is 6.20. The maximum Gasteiger partial charge on any atom is 0.222 e. The summed E-state index contributed by atoms with van der Waals surface area (Å²) in [7, 11) is 2.23. The first-order chi connectivity index (χ1) is 11.5. The van der Waals surface area contributed by atoms with Crippen molar-refractivity contribution < 1.29 is 4.79 Å². The minimum Gasteiger partial charge on any atom is -0.339 e. The number of carbonyl (C=O) groups is 1. The lowest BCUT2D eigenvalue weighted by Crippen LogP contribution is -2.64. The van der Waals surface area contributed by atoms with E-state index < -0.39 is 0 Å². The molecule has 3 fully saturated rings. The summed E-state index contributed by atoms with van der Waals surface area (Å²) in [6, 6.07) is 1.33. The molecule has 2 aliphatic heterocycles. The summed E-state index contributed by atoms with van der Waals surface area (Å²) in [6.45, 7) is 10.2. The molecule has 0 unspecified atom stereocenters. The van der Waals surface area contributed by atoms with Crippen LogP contribution in [0.3, 0.4) is 0 Å². The second kappa shape index (κ2) is 8.18. The SMILES string of the molecule is CC(C)CN(C1CCN(C)CC1)C1CN(C(=O)CC2CCCC2)C1. The Morgan fingerprint density at radius 1 is 1.04 bits per heavy atom. The molecule has 0 atom stereocenters. The van der Waals surface area contributed by atoms with Crippen LogP contribution in [0.25, 0.3) is 0 Å². The highest BCUT2D eigenvalue weighted by molar-refractivity contribution is 5.77. The molecule has 0 aromatic heterocycles. The molecule has 0 bridgehead atoms. The van der Waals surface area contributed by atoms with Gasteiger partial charge in [0.15, 0.2) is 0 Å². The third-order valence-electron chi connectivity index (χ3n) is 6.36. The van der Waals surface area contributed by atoms with E-state index in [4.69, 9.17) is 0 Å². The van der Waals surface area contributed by atoms with Gasteiger partial charge in [-0.1, -0.05) is 26.7 Å². The maximum absolute atomic E-state index is 12.5. The maximum atomic E-state index is 12.5. The van der Waals surface area contributed by atoms with Crippen molar-refractivity contribution in [2.75, 3.05) is 39.8 Å². The van der Waals surface area contributed by atoms with Gasteiger partial charge in [0.1, 0.15) is 0 Å². The van der Waals surface area contributed by atoms with Gasteiger partial charge in [-0.3, -0.25) is 9.69 Å². The Morgan fingerprint density at radius 2 is 1.67 bits per heavy atom. The molecule has 0 N–H and O–H groups in total. The van der Waals surface area contributed by atoms with Gasteiger partial charge < -0.3 is 9.80 Å². The zero-order chi connectivity index (χ0) is 17.1. The minimum atomic E-state index is 0.422. The van der Waals surface area contributed by atoms with Gasteiger partial charge in [-0.05, 0) is 57.7 Å². The fourth-order valence-corrected chi connectivity index (χ4v) is 4.80. The van der Waals surface area contributed by atoms with E-state index in [-0.39, 0.29) is 0 Å². The molecule has 0 radical (unpaired) electrons. The summed E-state index contributed by atoms with van der Waals surface area (Å²) in [6.07, 6.45) is 8.60. The molecule has 1 saturated carbocycles. The first kappa shape index (κ1) is 18.2. The lowest BCUT2D eigenvalue weighted by molar-refractivity contribution is -0.141. The fourth-order valence-electron chi connectivity index (χ4n) is 4.80. The molecule has 1 aliphatic carbocycles. The van der Waals surface area contributed by atoms with E-state index in [1.165, 1.54) is 58.2 Å². The minimum absolute atomic E-state index is 0.422. The molecule has 0 aromatic carbocycles. The summed E-state index contributed by atoms with van der Waals surface area (Å²) in [5.74, 6) is 1.80. The van der Waals surface area contributed by atoms with Crippen molar-refractivity contribution in [3.8, 4) is 0 Å². The van der Waals surface area contributed by atoms with Crippen LogP contribution < -0.4 is 0 Å². The van der Waals surface area contributed by atoms with Gasteiger partial charge in [0.25, 0.3) is 0 Å². The average molecular weight is 336 g/mol. The van der Waals surface area contributed by atoms with Gasteiger partial charge in [-0.25, -0.2) is 0 Å². The lowest BCUT2D eigenvalue weighted by atomic mass is 9.95. The summed E-state index contributed by atoms with van der Waals surface area (Å²) >= 11 is 0.